The molecule has 0 aliphatic heterocycles. The molecule has 0 N–H and O–H groups in total. The Balaban J connectivity index is 2.00. The van der Waals surface area contributed by atoms with E-state index in [4.69, 9.17) is 4.74 Å². The molecule has 98 valence electrons. The zero-order valence-electron chi connectivity index (χ0n) is 10.7. The lowest BCUT2D eigenvalue weighted by molar-refractivity contribution is 0.0512. The number of para-hydroxylation sites is 1. The van der Waals surface area contributed by atoms with Crippen LogP contribution in [0.5, 0.6) is 0 Å². The number of carbonyl (C=O) groups excluding carboxylic acids is 1. The topological polar surface area (TPSA) is 57.0 Å². The van der Waals surface area contributed by atoms with E-state index in [9.17, 15) is 4.79 Å². The number of hydrogen-bond donors (Lipinski definition) is 0. The third kappa shape index (κ3) is 2.36. The van der Waals surface area contributed by atoms with E-state index in [0.717, 1.165) is 24.4 Å². The monoisotopic (exact) mass is 257 g/mol. The van der Waals surface area contributed by atoms with E-state index in [0.29, 0.717) is 12.5 Å². The minimum atomic E-state index is -0.459. The summed E-state index contributed by atoms with van der Waals surface area (Å²) in [5, 5.41) is 4.29. The van der Waals surface area contributed by atoms with Crippen molar-refractivity contribution in [2.24, 2.45) is 0 Å². The lowest BCUT2D eigenvalue weighted by atomic mass is 10.3. The van der Waals surface area contributed by atoms with Crippen molar-refractivity contribution in [3.63, 3.8) is 0 Å². The van der Waals surface area contributed by atoms with Crippen LogP contribution in [-0.4, -0.2) is 27.3 Å². The number of hydrogen-bond acceptors (Lipinski definition) is 4. The number of rotatable bonds is 4. The minimum Gasteiger partial charge on any atom is -0.460 e. The van der Waals surface area contributed by atoms with E-state index in [1.54, 1.807) is 11.6 Å². The van der Waals surface area contributed by atoms with Gasteiger partial charge in [0.25, 0.3) is 5.82 Å². The van der Waals surface area contributed by atoms with Gasteiger partial charge < -0.3 is 4.74 Å². The second-order valence-electron chi connectivity index (χ2n) is 4.54. The molecule has 1 aromatic carbocycles. The van der Waals surface area contributed by atoms with E-state index in [1.165, 1.54) is 0 Å². The molecule has 1 aromatic heterocycles. The Morgan fingerprint density at radius 1 is 1.37 bits per heavy atom. The summed E-state index contributed by atoms with van der Waals surface area (Å²) in [6.45, 7) is 2.10. The molecule has 0 amide bonds. The second-order valence-corrected chi connectivity index (χ2v) is 4.54. The first-order chi connectivity index (χ1) is 9.29. The van der Waals surface area contributed by atoms with Gasteiger partial charge in [-0.25, -0.2) is 14.5 Å². The molecule has 1 aliphatic carbocycles. The van der Waals surface area contributed by atoms with Crippen molar-refractivity contribution in [3.8, 4) is 5.69 Å². The van der Waals surface area contributed by atoms with E-state index < -0.39 is 5.97 Å². The van der Waals surface area contributed by atoms with E-state index in [1.807, 2.05) is 30.3 Å². The van der Waals surface area contributed by atoms with Gasteiger partial charge in [-0.3, -0.25) is 0 Å². The Hall–Kier alpha value is -2.17. The molecular weight excluding hydrogens is 242 g/mol. The number of esters is 1. The molecule has 1 fully saturated rings. The van der Waals surface area contributed by atoms with Crippen molar-refractivity contribution >= 4 is 5.97 Å². The van der Waals surface area contributed by atoms with Gasteiger partial charge >= 0.3 is 5.97 Å². The second kappa shape index (κ2) is 4.84. The Morgan fingerprint density at radius 2 is 2.11 bits per heavy atom. The maximum Gasteiger partial charge on any atom is 0.378 e. The number of aromatic nitrogens is 3. The molecule has 3 rings (SSSR count). The molecule has 0 spiro atoms. The van der Waals surface area contributed by atoms with Crippen LogP contribution in [0.25, 0.3) is 5.69 Å². The van der Waals surface area contributed by atoms with Gasteiger partial charge in [0, 0.05) is 5.92 Å². The van der Waals surface area contributed by atoms with Crippen molar-refractivity contribution < 1.29 is 9.53 Å². The first kappa shape index (κ1) is 11.9. The summed E-state index contributed by atoms with van der Waals surface area (Å²) in [5.41, 5.74) is 0.924. The number of nitrogens with zero attached hydrogens (tertiary/aromatic N) is 3. The van der Waals surface area contributed by atoms with Crippen molar-refractivity contribution in [1.82, 2.24) is 14.8 Å². The lowest BCUT2D eigenvalue weighted by Gasteiger charge is -2.03. The van der Waals surface area contributed by atoms with Gasteiger partial charge in [-0.2, -0.15) is 0 Å². The van der Waals surface area contributed by atoms with Gasteiger partial charge in [-0.05, 0) is 31.9 Å². The highest BCUT2D eigenvalue weighted by Crippen LogP contribution is 2.39. The third-order valence-corrected chi connectivity index (χ3v) is 3.03. The van der Waals surface area contributed by atoms with Crippen LogP contribution >= 0.6 is 0 Å². The van der Waals surface area contributed by atoms with Gasteiger partial charge in [0.2, 0.25) is 0 Å². The fraction of sp³-hybridized carbons (Fsp3) is 0.357. The van der Waals surface area contributed by atoms with E-state index in [2.05, 4.69) is 10.1 Å². The molecule has 1 heterocycles. The quantitative estimate of drug-likeness (QED) is 0.789. The first-order valence-electron chi connectivity index (χ1n) is 6.49. The highest BCUT2D eigenvalue weighted by molar-refractivity contribution is 5.85. The zero-order chi connectivity index (χ0) is 13.2. The van der Waals surface area contributed by atoms with Crippen molar-refractivity contribution in [1.29, 1.82) is 0 Å². The summed E-state index contributed by atoms with van der Waals surface area (Å²) in [4.78, 5) is 16.1. The average molecular weight is 257 g/mol. The molecule has 0 bridgehead atoms. The molecule has 5 nitrogen and oxygen atoms in total. The summed E-state index contributed by atoms with van der Waals surface area (Å²) >= 11 is 0. The van der Waals surface area contributed by atoms with Crippen LogP contribution in [0.4, 0.5) is 0 Å². The van der Waals surface area contributed by atoms with Crippen LogP contribution in [0.3, 0.4) is 0 Å². The van der Waals surface area contributed by atoms with Crippen LogP contribution in [-0.2, 0) is 4.74 Å². The molecule has 0 radical (unpaired) electrons. The number of carbonyl (C=O) groups is 1. The molecular formula is C14H15N3O2. The van der Waals surface area contributed by atoms with Crippen LogP contribution < -0.4 is 0 Å². The van der Waals surface area contributed by atoms with Crippen molar-refractivity contribution in [3.05, 3.63) is 42.0 Å². The molecule has 2 aromatic rings. The highest BCUT2D eigenvalue weighted by atomic mass is 16.5. The number of benzene rings is 1. The molecule has 0 unspecified atom stereocenters. The fourth-order valence-electron chi connectivity index (χ4n) is 1.97. The zero-order valence-corrected chi connectivity index (χ0v) is 10.7. The summed E-state index contributed by atoms with van der Waals surface area (Å²) < 4.78 is 6.71. The number of ether oxygens (including phenoxy) is 1. The van der Waals surface area contributed by atoms with Crippen molar-refractivity contribution in [2.45, 2.75) is 25.7 Å². The van der Waals surface area contributed by atoms with Crippen molar-refractivity contribution in [2.75, 3.05) is 6.61 Å². The normalized spacial score (nSPS) is 14.4. The van der Waals surface area contributed by atoms with Crippen LogP contribution in [0.2, 0.25) is 0 Å². The molecule has 0 atom stereocenters. The summed E-state index contributed by atoms with van der Waals surface area (Å²) in [7, 11) is 0. The first-order valence-corrected chi connectivity index (χ1v) is 6.49. The lowest BCUT2D eigenvalue weighted by Crippen LogP contribution is -2.07. The van der Waals surface area contributed by atoms with Gasteiger partial charge in [-0.15, -0.1) is 5.10 Å². The predicted molar refractivity (Wildman–Crippen MR) is 69.3 cm³/mol. The summed E-state index contributed by atoms with van der Waals surface area (Å²) in [6, 6.07) is 9.74. The molecule has 19 heavy (non-hydrogen) atoms. The maximum absolute atomic E-state index is 11.7. The molecule has 1 saturated carbocycles. The predicted octanol–water partition coefficient (Wildman–Crippen LogP) is 2.32. The standard InChI is InChI=1S/C14H15N3O2/c1-2-19-14(18)12-15-13(10-8-9-10)17(16-12)11-6-4-3-5-7-11/h3-7,10H,2,8-9H2,1H3. The van der Waals surface area contributed by atoms with Crippen LogP contribution in [0, 0.1) is 0 Å². The van der Waals surface area contributed by atoms with Gasteiger partial charge in [0.15, 0.2) is 0 Å². The third-order valence-electron chi connectivity index (χ3n) is 3.03. The Kier molecular flexibility index (Phi) is 3.03. The smallest absolute Gasteiger partial charge is 0.378 e. The largest absolute Gasteiger partial charge is 0.460 e. The van der Waals surface area contributed by atoms with Gasteiger partial charge in [-0.1, -0.05) is 18.2 Å². The Morgan fingerprint density at radius 3 is 2.74 bits per heavy atom. The van der Waals surface area contributed by atoms with Crippen LogP contribution in [0.1, 0.15) is 42.1 Å². The van der Waals surface area contributed by atoms with E-state index in [-0.39, 0.29) is 5.82 Å². The maximum atomic E-state index is 11.7. The Labute approximate surface area is 111 Å². The van der Waals surface area contributed by atoms with Gasteiger partial charge in [0.05, 0.1) is 12.3 Å². The molecule has 5 heteroatoms. The molecule has 0 saturated heterocycles. The SMILES string of the molecule is CCOC(=O)c1nc(C2CC2)n(-c2ccccc2)n1. The fourth-order valence-corrected chi connectivity index (χ4v) is 1.97. The average Bonchev–Trinajstić information content (AvgIpc) is 3.19. The highest BCUT2D eigenvalue weighted by Gasteiger charge is 2.31. The Bertz CT molecular complexity index is 588. The summed E-state index contributed by atoms with van der Waals surface area (Å²) in [5.74, 6) is 0.955. The van der Waals surface area contributed by atoms with Gasteiger partial charge in [0.1, 0.15) is 5.82 Å². The van der Waals surface area contributed by atoms with Crippen LogP contribution in [0.15, 0.2) is 30.3 Å². The molecule has 1 aliphatic rings. The van der Waals surface area contributed by atoms with E-state index >= 15 is 0 Å². The minimum absolute atomic E-state index is 0.146. The summed E-state index contributed by atoms with van der Waals surface area (Å²) in [6.07, 6.45) is 2.21.